The van der Waals surface area contributed by atoms with E-state index in [0.29, 0.717) is 36.8 Å². The molecule has 4 rings (SSSR count). The highest BCUT2D eigenvalue weighted by atomic mass is 35.5. The van der Waals surface area contributed by atoms with Crippen LogP contribution >= 0.6 is 11.6 Å². The fraction of sp³-hybridized carbons (Fsp3) is 0.292. The average Bonchev–Trinajstić information content (AvgIpc) is 3.08. The summed E-state index contributed by atoms with van der Waals surface area (Å²) in [6, 6.07) is 18.2. The summed E-state index contributed by atoms with van der Waals surface area (Å²) in [6.07, 6.45) is 0. The van der Waals surface area contributed by atoms with Crippen LogP contribution in [-0.2, 0) is 10.0 Å². The summed E-state index contributed by atoms with van der Waals surface area (Å²) in [6.45, 7) is 5.91. The van der Waals surface area contributed by atoms with Gasteiger partial charge in [0.25, 0.3) is 0 Å². The van der Waals surface area contributed by atoms with Crippen molar-refractivity contribution < 1.29 is 13.2 Å². The van der Waals surface area contributed by atoms with E-state index in [1.54, 1.807) is 18.2 Å². The topological polar surface area (TPSA) is 62.6 Å². The first-order valence-electron chi connectivity index (χ1n) is 10.5. The van der Waals surface area contributed by atoms with Crippen LogP contribution in [0, 0.1) is 13.8 Å². The van der Waals surface area contributed by atoms with Gasteiger partial charge in [0.15, 0.2) is 5.78 Å². The summed E-state index contributed by atoms with van der Waals surface area (Å²) in [5, 5.41) is 0.392. The zero-order valence-electron chi connectivity index (χ0n) is 18.2. The van der Waals surface area contributed by atoms with E-state index < -0.39 is 10.0 Å². The molecule has 0 unspecified atom stereocenters. The quantitative estimate of drug-likeness (QED) is 0.511. The monoisotopic (exact) mass is 471 g/mol. The molecule has 1 aromatic heterocycles. The second kappa shape index (κ2) is 9.19. The Kier molecular flexibility index (Phi) is 6.53. The van der Waals surface area contributed by atoms with Gasteiger partial charge in [-0.1, -0.05) is 35.9 Å². The number of aryl methyl sites for hydroxylation is 1. The van der Waals surface area contributed by atoms with Crippen LogP contribution in [0.3, 0.4) is 0 Å². The first-order valence-corrected chi connectivity index (χ1v) is 12.3. The molecule has 0 atom stereocenters. The fourth-order valence-electron chi connectivity index (χ4n) is 4.21. The van der Waals surface area contributed by atoms with Crippen LogP contribution in [-0.4, -0.2) is 60.7 Å². The second-order valence-electron chi connectivity index (χ2n) is 8.02. The van der Waals surface area contributed by atoms with Gasteiger partial charge in [0.1, 0.15) is 0 Å². The van der Waals surface area contributed by atoms with Gasteiger partial charge in [0, 0.05) is 53.8 Å². The van der Waals surface area contributed by atoms with Crippen molar-refractivity contribution in [1.29, 1.82) is 0 Å². The maximum Gasteiger partial charge on any atom is 0.243 e. The molecule has 0 bridgehead atoms. The van der Waals surface area contributed by atoms with Crippen molar-refractivity contribution in [3.05, 3.63) is 82.6 Å². The number of benzene rings is 2. The molecule has 2 aromatic carbocycles. The van der Waals surface area contributed by atoms with E-state index in [1.165, 1.54) is 10.4 Å². The molecular formula is C24H26ClN3O3S. The van der Waals surface area contributed by atoms with E-state index in [4.69, 9.17) is 11.6 Å². The first kappa shape index (κ1) is 22.7. The number of aromatic nitrogens is 1. The summed E-state index contributed by atoms with van der Waals surface area (Å²) in [5.74, 6) is 0.0476. The third-order valence-corrected chi connectivity index (χ3v) is 8.01. The second-order valence-corrected chi connectivity index (χ2v) is 10.4. The molecule has 2 heterocycles. The number of piperazine rings is 1. The third kappa shape index (κ3) is 4.52. The minimum Gasteiger partial charge on any atom is -0.318 e. The van der Waals surface area contributed by atoms with Gasteiger partial charge in [-0.2, -0.15) is 4.31 Å². The molecule has 1 saturated heterocycles. The Morgan fingerprint density at radius 3 is 2.28 bits per heavy atom. The van der Waals surface area contributed by atoms with E-state index >= 15 is 0 Å². The predicted octanol–water partition coefficient (Wildman–Crippen LogP) is 3.94. The Labute approximate surface area is 194 Å². The van der Waals surface area contributed by atoms with Crippen LogP contribution < -0.4 is 0 Å². The van der Waals surface area contributed by atoms with E-state index in [2.05, 4.69) is 4.57 Å². The van der Waals surface area contributed by atoms with Crippen molar-refractivity contribution in [3.63, 3.8) is 0 Å². The first-order chi connectivity index (χ1) is 15.3. The van der Waals surface area contributed by atoms with E-state index in [9.17, 15) is 13.2 Å². The Morgan fingerprint density at radius 1 is 0.938 bits per heavy atom. The Balaban J connectivity index is 1.42. The summed E-state index contributed by atoms with van der Waals surface area (Å²) in [7, 11) is -3.59. The SMILES string of the molecule is Cc1cc(C(=O)CN2CCN(S(=O)(=O)c3cccc(Cl)c3)CC2)c(C)n1-c1ccccc1. The molecule has 0 radical (unpaired) electrons. The number of Topliss-reactive ketones (excluding diaryl/α,β-unsaturated/α-hetero) is 1. The number of carbonyl (C=O) groups is 1. The zero-order valence-corrected chi connectivity index (χ0v) is 19.7. The van der Waals surface area contributed by atoms with Crippen molar-refractivity contribution in [2.75, 3.05) is 32.7 Å². The maximum atomic E-state index is 13.1. The van der Waals surface area contributed by atoms with Crippen LogP contribution in [0.15, 0.2) is 65.6 Å². The lowest BCUT2D eigenvalue weighted by Gasteiger charge is -2.33. The highest BCUT2D eigenvalue weighted by Crippen LogP contribution is 2.23. The molecule has 0 N–H and O–H groups in total. The van der Waals surface area contributed by atoms with Gasteiger partial charge in [-0.05, 0) is 50.2 Å². The molecule has 0 saturated carbocycles. The average molecular weight is 472 g/mol. The van der Waals surface area contributed by atoms with Crippen LogP contribution in [0.1, 0.15) is 21.7 Å². The number of hydrogen-bond donors (Lipinski definition) is 0. The zero-order chi connectivity index (χ0) is 22.9. The van der Waals surface area contributed by atoms with Gasteiger partial charge < -0.3 is 4.57 Å². The lowest BCUT2D eigenvalue weighted by molar-refractivity contribution is 0.0901. The molecule has 0 aliphatic carbocycles. The molecule has 1 aliphatic heterocycles. The number of rotatable bonds is 6. The molecule has 1 fully saturated rings. The van der Waals surface area contributed by atoms with Crippen molar-refractivity contribution in [2.45, 2.75) is 18.7 Å². The van der Waals surface area contributed by atoms with Crippen LogP contribution in [0.4, 0.5) is 0 Å². The normalized spacial score (nSPS) is 15.7. The van der Waals surface area contributed by atoms with E-state index in [-0.39, 0.29) is 17.2 Å². The van der Waals surface area contributed by atoms with Gasteiger partial charge in [0.2, 0.25) is 10.0 Å². The Morgan fingerprint density at radius 2 is 1.62 bits per heavy atom. The number of ketones is 1. The van der Waals surface area contributed by atoms with Crippen molar-refractivity contribution >= 4 is 27.4 Å². The van der Waals surface area contributed by atoms with E-state index in [0.717, 1.165) is 17.1 Å². The highest BCUT2D eigenvalue weighted by molar-refractivity contribution is 7.89. The largest absolute Gasteiger partial charge is 0.318 e. The van der Waals surface area contributed by atoms with Gasteiger partial charge in [-0.3, -0.25) is 9.69 Å². The van der Waals surface area contributed by atoms with Crippen molar-refractivity contribution in [3.8, 4) is 5.69 Å². The summed E-state index contributed by atoms with van der Waals surface area (Å²) in [4.78, 5) is 15.3. The maximum absolute atomic E-state index is 13.1. The molecule has 3 aromatic rings. The summed E-state index contributed by atoms with van der Waals surface area (Å²) < 4.78 is 29.3. The number of halogens is 1. The molecule has 1 aliphatic rings. The van der Waals surface area contributed by atoms with E-state index in [1.807, 2.05) is 55.1 Å². The lowest BCUT2D eigenvalue weighted by atomic mass is 10.1. The molecule has 8 heteroatoms. The predicted molar refractivity (Wildman–Crippen MR) is 126 cm³/mol. The fourth-order valence-corrected chi connectivity index (χ4v) is 5.94. The van der Waals surface area contributed by atoms with Crippen molar-refractivity contribution in [1.82, 2.24) is 13.8 Å². The van der Waals surface area contributed by atoms with Gasteiger partial charge in [0.05, 0.1) is 11.4 Å². The lowest BCUT2D eigenvalue weighted by Crippen LogP contribution is -2.49. The number of nitrogens with zero attached hydrogens (tertiary/aromatic N) is 3. The molecule has 6 nitrogen and oxygen atoms in total. The number of carbonyl (C=O) groups excluding carboxylic acids is 1. The molecule has 32 heavy (non-hydrogen) atoms. The number of para-hydroxylation sites is 1. The molecule has 0 spiro atoms. The minimum absolute atomic E-state index is 0.0476. The summed E-state index contributed by atoms with van der Waals surface area (Å²) >= 11 is 5.96. The highest BCUT2D eigenvalue weighted by Gasteiger charge is 2.29. The molecule has 168 valence electrons. The van der Waals surface area contributed by atoms with Gasteiger partial charge >= 0.3 is 0 Å². The Hall–Kier alpha value is -2.45. The third-order valence-electron chi connectivity index (χ3n) is 5.88. The molecule has 0 amide bonds. The van der Waals surface area contributed by atoms with Crippen LogP contribution in [0.2, 0.25) is 5.02 Å². The minimum atomic E-state index is -3.59. The van der Waals surface area contributed by atoms with Gasteiger partial charge in [-0.15, -0.1) is 0 Å². The number of hydrogen-bond acceptors (Lipinski definition) is 4. The standard InChI is InChI=1S/C24H26ClN3O3S/c1-18-15-23(19(2)28(18)21-8-4-3-5-9-21)24(29)17-26-11-13-27(14-12-26)32(30,31)22-10-6-7-20(25)16-22/h3-10,15-16H,11-14,17H2,1-2H3. The Bertz CT molecular complexity index is 1230. The smallest absolute Gasteiger partial charge is 0.243 e. The number of sulfonamides is 1. The van der Waals surface area contributed by atoms with Crippen molar-refractivity contribution in [2.24, 2.45) is 0 Å². The van der Waals surface area contributed by atoms with Crippen LogP contribution in [0.5, 0.6) is 0 Å². The molecular weight excluding hydrogens is 446 g/mol. The van der Waals surface area contributed by atoms with Crippen LogP contribution in [0.25, 0.3) is 5.69 Å². The summed E-state index contributed by atoms with van der Waals surface area (Å²) in [5.41, 5.74) is 3.66. The van der Waals surface area contributed by atoms with Gasteiger partial charge in [-0.25, -0.2) is 8.42 Å².